The molecule has 12 heteroatoms. The molecule has 2 aliphatic rings. The Hall–Kier alpha value is -3.12. The zero-order valence-corrected chi connectivity index (χ0v) is 25.9. The third kappa shape index (κ3) is 10.0. The minimum absolute atomic E-state index is 0.104. The molecule has 0 aromatic heterocycles. The Balaban J connectivity index is 1.96. The maximum Gasteiger partial charge on any atom is 0.243 e. The zero-order valence-electron chi connectivity index (χ0n) is 25.1. The highest BCUT2D eigenvalue weighted by molar-refractivity contribution is 7.98. The second-order valence-electron chi connectivity index (χ2n) is 11.5. The van der Waals surface area contributed by atoms with E-state index in [4.69, 9.17) is 0 Å². The lowest BCUT2D eigenvalue weighted by Gasteiger charge is -2.33. The highest BCUT2D eigenvalue weighted by Gasteiger charge is 2.34. The predicted molar refractivity (Wildman–Crippen MR) is 164 cm³/mol. The second kappa shape index (κ2) is 16.5. The summed E-state index contributed by atoms with van der Waals surface area (Å²) in [7, 11) is 0. The van der Waals surface area contributed by atoms with E-state index < -0.39 is 47.8 Å². The molecule has 2 saturated heterocycles. The van der Waals surface area contributed by atoms with Crippen LogP contribution in [0.25, 0.3) is 0 Å². The van der Waals surface area contributed by atoms with E-state index in [1.54, 1.807) is 6.92 Å². The number of piperidine rings is 1. The first-order chi connectivity index (χ1) is 20.1. The standard InChI is InChI=1S/C30H46N6O5S/c1-19(2)26-29(40)34-24(12-15-42-4)28(39)32-20(3)27(38)33-23(16-21-8-6-5-7-9-21)17-36(18-25(37)35-26)30(41)22-10-13-31-14-11-22/h5-9,19-20,22-24,26,31H,10-18H2,1-4H3,(H,32,39)(H,33,38)(H,34,40)(H,35,37)/t20-,23+,24-,26-/m0/s1. The molecule has 0 bridgehead atoms. The lowest BCUT2D eigenvalue weighted by Crippen LogP contribution is -2.57. The van der Waals surface area contributed by atoms with Gasteiger partial charge >= 0.3 is 0 Å². The summed E-state index contributed by atoms with van der Waals surface area (Å²) in [5.74, 6) is -1.87. The minimum atomic E-state index is -0.902. The lowest BCUT2D eigenvalue weighted by atomic mass is 9.95. The monoisotopic (exact) mass is 602 g/mol. The van der Waals surface area contributed by atoms with Crippen molar-refractivity contribution in [3.63, 3.8) is 0 Å². The molecule has 2 aliphatic heterocycles. The minimum Gasteiger partial charge on any atom is -0.349 e. The van der Waals surface area contributed by atoms with Crippen LogP contribution in [-0.2, 0) is 30.4 Å². The van der Waals surface area contributed by atoms with E-state index in [9.17, 15) is 24.0 Å². The molecule has 0 aliphatic carbocycles. The molecule has 4 atom stereocenters. The Kier molecular flexibility index (Phi) is 13.1. The van der Waals surface area contributed by atoms with Crippen LogP contribution in [0.15, 0.2) is 30.3 Å². The molecule has 0 spiro atoms. The van der Waals surface area contributed by atoms with Gasteiger partial charge in [0.25, 0.3) is 0 Å². The van der Waals surface area contributed by atoms with E-state index >= 15 is 0 Å². The first-order valence-electron chi connectivity index (χ1n) is 14.8. The van der Waals surface area contributed by atoms with Crippen LogP contribution in [-0.4, -0.2) is 96.8 Å². The Morgan fingerprint density at radius 1 is 0.952 bits per heavy atom. The molecule has 42 heavy (non-hydrogen) atoms. The van der Waals surface area contributed by atoms with E-state index in [2.05, 4.69) is 26.6 Å². The highest BCUT2D eigenvalue weighted by Crippen LogP contribution is 2.17. The van der Waals surface area contributed by atoms with Gasteiger partial charge in [0.1, 0.15) is 18.1 Å². The van der Waals surface area contributed by atoms with E-state index in [-0.39, 0.29) is 30.8 Å². The molecule has 11 nitrogen and oxygen atoms in total. The number of nitrogens with one attached hydrogen (secondary N) is 5. The van der Waals surface area contributed by atoms with Crippen molar-refractivity contribution in [1.82, 2.24) is 31.5 Å². The van der Waals surface area contributed by atoms with Crippen molar-refractivity contribution in [2.24, 2.45) is 11.8 Å². The molecular weight excluding hydrogens is 556 g/mol. The molecule has 0 radical (unpaired) electrons. The van der Waals surface area contributed by atoms with Gasteiger partial charge in [0, 0.05) is 12.5 Å². The SMILES string of the molecule is CSCC[C@@H]1NC(=O)[C@H](C(C)C)NC(=O)CN(C(=O)C2CCNCC2)C[C@@H](Cc2ccccc2)NC(=O)[C@H](C)NC1=O. The number of carbonyl (C=O) groups is 5. The first kappa shape index (κ1) is 33.4. The average Bonchev–Trinajstić information content (AvgIpc) is 2.97. The summed E-state index contributed by atoms with van der Waals surface area (Å²) < 4.78 is 0. The summed E-state index contributed by atoms with van der Waals surface area (Å²) in [4.78, 5) is 68.6. The van der Waals surface area contributed by atoms with Gasteiger partial charge in [-0.05, 0) is 69.2 Å². The van der Waals surface area contributed by atoms with Crippen LogP contribution >= 0.6 is 11.8 Å². The van der Waals surface area contributed by atoms with Gasteiger partial charge < -0.3 is 31.5 Å². The van der Waals surface area contributed by atoms with Crippen LogP contribution in [0.1, 0.15) is 45.6 Å². The number of benzene rings is 1. The fourth-order valence-corrected chi connectivity index (χ4v) is 5.76. The van der Waals surface area contributed by atoms with Crippen LogP contribution in [0.3, 0.4) is 0 Å². The van der Waals surface area contributed by atoms with Gasteiger partial charge in [-0.3, -0.25) is 24.0 Å². The number of hydrogen-bond acceptors (Lipinski definition) is 7. The van der Waals surface area contributed by atoms with Gasteiger partial charge in [-0.25, -0.2) is 0 Å². The summed E-state index contributed by atoms with van der Waals surface area (Å²) in [5.41, 5.74) is 0.961. The van der Waals surface area contributed by atoms with Gasteiger partial charge in [-0.15, -0.1) is 0 Å². The van der Waals surface area contributed by atoms with Gasteiger partial charge in [0.2, 0.25) is 29.5 Å². The molecule has 2 heterocycles. The van der Waals surface area contributed by atoms with Gasteiger partial charge in [-0.2, -0.15) is 11.8 Å². The van der Waals surface area contributed by atoms with Gasteiger partial charge in [0.05, 0.1) is 12.6 Å². The number of amides is 5. The van der Waals surface area contributed by atoms with Crippen molar-refractivity contribution in [1.29, 1.82) is 0 Å². The predicted octanol–water partition coefficient (Wildman–Crippen LogP) is 0.439. The summed E-state index contributed by atoms with van der Waals surface area (Å²) >= 11 is 1.54. The number of hydrogen-bond donors (Lipinski definition) is 5. The molecular formula is C30H46N6O5S. The Bertz CT molecular complexity index is 1080. The first-order valence-corrected chi connectivity index (χ1v) is 16.2. The van der Waals surface area contributed by atoms with Crippen molar-refractivity contribution in [2.45, 2.75) is 70.6 Å². The Morgan fingerprint density at radius 3 is 2.29 bits per heavy atom. The number of rotatable bonds is 7. The van der Waals surface area contributed by atoms with E-state index in [0.29, 0.717) is 44.5 Å². The number of thioether (sulfide) groups is 1. The van der Waals surface area contributed by atoms with Gasteiger partial charge in [-0.1, -0.05) is 44.2 Å². The molecule has 0 saturated carbocycles. The van der Waals surface area contributed by atoms with Crippen molar-refractivity contribution < 1.29 is 24.0 Å². The molecule has 232 valence electrons. The van der Waals surface area contributed by atoms with Crippen molar-refractivity contribution in [2.75, 3.05) is 38.2 Å². The molecule has 1 aromatic carbocycles. The van der Waals surface area contributed by atoms with Crippen LogP contribution in [0.5, 0.6) is 0 Å². The lowest BCUT2D eigenvalue weighted by molar-refractivity contribution is -0.141. The average molecular weight is 603 g/mol. The molecule has 1 aromatic rings. The maximum atomic E-state index is 13.8. The summed E-state index contributed by atoms with van der Waals surface area (Å²) in [6, 6.07) is 6.42. The zero-order chi connectivity index (χ0) is 30.6. The quantitative estimate of drug-likeness (QED) is 0.304. The molecule has 3 rings (SSSR count). The van der Waals surface area contributed by atoms with Crippen LogP contribution < -0.4 is 26.6 Å². The van der Waals surface area contributed by atoms with E-state index in [0.717, 1.165) is 5.56 Å². The Morgan fingerprint density at radius 2 is 1.64 bits per heavy atom. The topological polar surface area (TPSA) is 149 Å². The highest BCUT2D eigenvalue weighted by atomic mass is 32.2. The molecule has 5 N–H and O–H groups in total. The summed E-state index contributed by atoms with van der Waals surface area (Å²) in [6.45, 7) is 6.51. The van der Waals surface area contributed by atoms with Crippen molar-refractivity contribution in [3.05, 3.63) is 35.9 Å². The maximum absolute atomic E-state index is 13.8. The Labute approximate surface area is 253 Å². The molecule has 5 amide bonds. The summed E-state index contributed by atoms with van der Waals surface area (Å²) in [5, 5.41) is 14.6. The summed E-state index contributed by atoms with van der Waals surface area (Å²) in [6.07, 6.45) is 4.01. The van der Waals surface area contributed by atoms with Gasteiger partial charge in [0.15, 0.2) is 0 Å². The largest absolute Gasteiger partial charge is 0.349 e. The van der Waals surface area contributed by atoms with Crippen LogP contribution in [0.4, 0.5) is 0 Å². The molecule has 0 unspecified atom stereocenters. The third-order valence-electron chi connectivity index (χ3n) is 7.71. The van der Waals surface area contributed by atoms with Crippen molar-refractivity contribution >= 4 is 41.3 Å². The number of nitrogens with zero attached hydrogens (tertiary/aromatic N) is 1. The smallest absolute Gasteiger partial charge is 0.243 e. The third-order valence-corrected chi connectivity index (χ3v) is 8.35. The van der Waals surface area contributed by atoms with Crippen LogP contribution in [0.2, 0.25) is 0 Å². The van der Waals surface area contributed by atoms with E-state index in [1.165, 1.54) is 16.7 Å². The fraction of sp³-hybridized carbons (Fsp3) is 0.633. The fourth-order valence-electron chi connectivity index (χ4n) is 5.28. The van der Waals surface area contributed by atoms with Crippen molar-refractivity contribution in [3.8, 4) is 0 Å². The molecule has 2 fully saturated rings. The second-order valence-corrected chi connectivity index (χ2v) is 12.5. The van der Waals surface area contributed by atoms with Crippen LogP contribution in [0, 0.1) is 11.8 Å². The normalized spacial score (nSPS) is 25.5. The van der Waals surface area contributed by atoms with E-state index in [1.807, 2.05) is 50.4 Å². The number of carbonyl (C=O) groups excluding carboxylic acids is 5.